The van der Waals surface area contributed by atoms with Crippen molar-refractivity contribution in [3.8, 4) is 5.69 Å². The first-order valence-corrected chi connectivity index (χ1v) is 11.1. The Labute approximate surface area is 191 Å². The molecule has 4 rings (SSSR count). The van der Waals surface area contributed by atoms with Gasteiger partial charge in [0.15, 0.2) is 0 Å². The van der Waals surface area contributed by atoms with Crippen LogP contribution in [0.1, 0.15) is 28.2 Å². The van der Waals surface area contributed by atoms with Gasteiger partial charge in [-0.3, -0.25) is 4.79 Å². The van der Waals surface area contributed by atoms with E-state index in [1.807, 2.05) is 13.2 Å². The number of rotatable bonds is 5. The van der Waals surface area contributed by atoms with Gasteiger partial charge in [-0.15, -0.1) is 5.10 Å². The Balaban J connectivity index is 1.62. The first kappa shape index (κ1) is 22.8. The van der Waals surface area contributed by atoms with Crippen molar-refractivity contribution in [2.75, 3.05) is 11.6 Å². The van der Waals surface area contributed by atoms with E-state index in [9.17, 15) is 18.0 Å². The summed E-state index contributed by atoms with van der Waals surface area (Å²) in [7, 11) is 0. The number of halogens is 3. The Morgan fingerprint density at radius 2 is 1.88 bits per heavy atom. The molecule has 0 spiro atoms. The van der Waals surface area contributed by atoms with Gasteiger partial charge in [-0.2, -0.15) is 23.3 Å². The monoisotopic (exact) mass is 475 g/mol. The van der Waals surface area contributed by atoms with Crippen molar-refractivity contribution in [2.45, 2.75) is 38.5 Å². The molecule has 0 aliphatic heterocycles. The fourth-order valence-electron chi connectivity index (χ4n) is 3.48. The second kappa shape index (κ2) is 8.50. The maximum Gasteiger partial charge on any atom is 0.416 e. The third kappa shape index (κ3) is 4.56. The summed E-state index contributed by atoms with van der Waals surface area (Å²) in [6.45, 7) is 5.32. The summed E-state index contributed by atoms with van der Waals surface area (Å²) in [6, 6.07) is 6.37. The van der Waals surface area contributed by atoms with Crippen LogP contribution in [0.4, 0.5) is 19.0 Å². The van der Waals surface area contributed by atoms with Crippen LogP contribution in [-0.4, -0.2) is 41.5 Å². The van der Waals surface area contributed by atoms with Gasteiger partial charge in [-0.1, -0.05) is 17.8 Å². The number of anilines is 1. The van der Waals surface area contributed by atoms with Crippen LogP contribution >= 0.6 is 11.8 Å². The molecule has 0 unspecified atom stereocenters. The molecular weight excluding hydrogens is 455 g/mol. The van der Waals surface area contributed by atoms with E-state index in [0.717, 1.165) is 17.8 Å². The number of nitrogens with one attached hydrogen (secondary N) is 1. The molecule has 0 saturated carbocycles. The summed E-state index contributed by atoms with van der Waals surface area (Å²) in [4.78, 5) is 21.7. The number of thioether (sulfide) groups is 1. The molecule has 3 heterocycles. The second-order valence-electron chi connectivity index (χ2n) is 7.43. The number of amides is 1. The molecule has 33 heavy (non-hydrogen) atoms. The van der Waals surface area contributed by atoms with Gasteiger partial charge in [0.2, 0.25) is 11.1 Å². The molecule has 3 aromatic heterocycles. The minimum atomic E-state index is -4.49. The zero-order valence-corrected chi connectivity index (χ0v) is 19.0. The zero-order chi connectivity index (χ0) is 23.9. The van der Waals surface area contributed by atoms with E-state index in [1.54, 1.807) is 24.4 Å². The van der Waals surface area contributed by atoms with E-state index < -0.39 is 11.7 Å². The standard InChI is InChI=1S/C21H20F3N7OS/c1-11-8-17(31(28-11)15-7-5-6-14(9-15)21(22,23)24)26-18(32)10-16-12(2)25-19-27-20(33-4)29-30(19)13(16)3/h5-9H,10H2,1-4H3,(H,26,32). The molecule has 0 fully saturated rings. The Hall–Kier alpha value is -3.41. The van der Waals surface area contributed by atoms with E-state index in [-0.39, 0.29) is 23.8 Å². The predicted octanol–water partition coefficient (Wildman–Crippen LogP) is 4.16. The minimum absolute atomic E-state index is 0.00187. The Morgan fingerprint density at radius 1 is 1.12 bits per heavy atom. The summed E-state index contributed by atoms with van der Waals surface area (Å²) in [5.41, 5.74) is 2.02. The van der Waals surface area contributed by atoms with Crippen LogP contribution in [0.15, 0.2) is 35.5 Å². The largest absolute Gasteiger partial charge is 0.416 e. The Morgan fingerprint density at radius 3 is 2.58 bits per heavy atom. The first-order valence-electron chi connectivity index (χ1n) is 9.88. The number of hydrogen-bond acceptors (Lipinski definition) is 6. The van der Waals surface area contributed by atoms with Crippen molar-refractivity contribution in [2.24, 2.45) is 0 Å². The van der Waals surface area contributed by atoms with Gasteiger partial charge in [0.25, 0.3) is 5.78 Å². The Kier molecular flexibility index (Phi) is 5.87. The average Bonchev–Trinajstić information content (AvgIpc) is 3.33. The lowest BCUT2D eigenvalue weighted by Crippen LogP contribution is -2.19. The molecule has 0 saturated heterocycles. The molecule has 1 N–H and O–H groups in total. The number of carbonyl (C=O) groups excluding carboxylic acids is 1. The molecule has 12 heteroatoms. The van der Waals surface area contributed by atoms with Crippen LogP contribution in [-0.2, 0) is 17.4 Å². The Bertz CT molecular complexity index is 1360. The number of aromatic nitrogens is 6. The van der Waals surface area contributed by atoms with Gasteiger partial charge in [-0.25, -0.2) is 14.2 Å². The third-order valence-electron chi connectivity index (χ3n) is 5.07. The van der Waals surface area contributed by atoms with Crippen molar-refractivity contribution < 1.29 is 18.0 Å². The summed E-state index contributed by atoms with van der Waals surface area (Å²) < 4.78 is 42.3. The van der Waals surface area contributed by atoms with Crippen LogP contribution in [0, 0.1) is 20.8 Å². The summed E-state index contributed by atoms with van der Waals surface area (Å²) >= 11 is 1.39. The van der Waals surface area contributed by atoms with Crippen molar-refractivity contribution in [1.29, 1.82) is 0 Å². The van der Waals surface area contributed by atoms with E-state index >= 15 is 0 Å². The summed E-state index contributed by atoms with van der Waals surface area (Å²) in [5.74, 6) is 0.365. The molecule has 0 bridgehead atoms. The molecule has 0 radical (unpaired) electrons. The van der Waals surface area contributed by atoms with Crippen molar-refractivity contribution >= 4 is 29.3 Å². The molecule has 8 nitrogen and oxygen atoms in total. The maximum absolute atomic E-state index is 13.1. The average molecular weight is 476 g/mol. The number of alkyl halides is 3. The summed E-state index contributed by atoms with van der Waals surface area (Å²) in [5, 5.41) is 12.0. The van der Waals surface area contributed by atoms with Gasteiger partial charge >= 0.3 is 6.18 Å². The predicted molar refractivity (Wildman–Crippen MR) is 118 cm³/mol. The van der Waals surface area contributed by atoms with Gasteiger partial charge in [0.05, 0.1) is 23.4 Å². The number of fused-ring (bicyclic) bond motifs is 1. The van der Waals surface area contributed by atoms with Crippen molar-refractivity contribution in [3.63, 3.8) is 0 Å². The highest BCUT2D eigenvalue weighted by atomic mass is 32.2. The SMILES string of the molecule is CSc1nc2nc(C)c(CC(=O)Nc3cc(C)nn3-c3cccc(C(F)(F)F)c3)c(C)n2n1. The minimum Gasteiger partial charge on any atom is -0.310 e. The van der Waals surface area contributed by atoms with E-state index in [0.29, 0.717) is 27.9 Å². The molecular formula is C21H20F3N7OS. The maximum atomic E-state index is 13.1. The number of hydrogen-bond donors (Lipinski definition) is 1. The normalized spacial score (nSPS) is 11.8. The van der Waals surface area contributed by atoms with E-state index in [2.05, 4.69) is 25.5 Å². The van der Waals surface area contributed by atoms with Gasteiger partial charge < -0.3 is 5.32 Å². The summed E-state index contributed by atoms with van der Waals surface area (Å²) in [6.07, 6.45) is -2.62. The third-order valence-corrected chi connectivity index (χ3v) is 5.60. The quantitative estimate of drug-likeness (QED) is 0.436. The second-order valence-corrected chi connectivity index (χ2v) is 8.20. The van der Waals surface area contributed by atoms with Crippen LogP contribution in [0.25, 0.3) is 11.5 Å². The lowest BCUT2D eigenvalue weighted by Gasteiger charge is -2.13. The van der Waals surface area contributed by atoms with Crippen LogP contribution in [0.5, 0.6) is 0 Å². The van der Waals surface area contributed by atoms with E-state index in [1.165, 1.54) is 28.6 Å². The molecule has 1 aromatic carbocycles. The van der Waals surface area contributed by atoms with Crippen LogP contribution in [0.3, 0.4) is 0 Å². The lowest BCUT2D eigenvalue weighted by molar-refractivity contribution is -0.137. The number of nitrogens with zero attached hydrogens (tertiary/aromatic N) is 6. The van der Waals surface area contributed by atoms with Crippen molar-refractivity contribution in [1.82, 2.24) is 29.4 Å². The topological polar surface area (TPSA) is 90.0 Å². The van der Waals surface area contributed by atoms with E-state index in [4.69, 9.17) is 0 Å². The first-order chi connectivity index (χ1) is 15.6. The highest BCUT2D eigenvalue weighted by Gasteiger charge is 2.30. The highest BCUT2D eigenvalue weighted by Crippen LogP contribution is 2.31. The van der Waals surface area contributed by atoms with Gasteiger partial charge in [0.1, 0.15) is 5.82 Å². The fraction of sp³-hybridized carbons (Fsp3) is 0.286. The van der Waals surface area contributed by atoms with Gasteiger partial charge in [0, 0.05) is 23.0 Å². The lowest BCUT2D eigenvalue weighted by atomic mass is 10.1. The van der Waals surface area contributed by atoms with Gasteiger partial charge in [-0.05, 0) is 45.2 Å². The van der Waals surface area contributed by atoms with Crippen molar-refractivity contribution in [3.05, 3.63) is 58.5 Å². The van der Waals surface area contributed by atoms with Crippen LogP contribution in [0.2, 0.25) is 0 Å². The zero-order valence-electron chi connectivity index (χ0n) is 18.2. The smallest absolute Gasteiger partial charge is 0.310 e. The molecule has 0 aliphatic rings. The fourth-order valence-corrected chi connectivity index (χ4v) is 3.82. The highest BCUT2D eigenvalue weighted by molar-refractivity contribution is 7.98. The molecule has 172 valence electrons. The molecule has 1 amide bonds. The van der Waals surface area contributed by atoms with Crippen LogP contribution < -0.4 is 5.32 Å². The molecule has 0 atom stereocenters. The number of aryl methyl sites for hydroxylation is 3. The molecule has 0 aliphatic carbocycles. The number of carbonyl (C=O) groups is 1. The number of benzene rings is 1. The molecule has 4 aromatic rings.